The largest absolute Gasteiger partial charge is 0.388 e. The Labute approximate surface area is 234 Å². The first-order chi connectivity index (χ1) is 17.8. The van der Waals surface area contributed by atoms with Gasteiger partial charge in [0.1, 0.15) is 4.34 Å². The Kier molecular flexibility index (Phi) is 9.58. The van der Waals surface area contributed by atoms with Gasteiger partial charge in [0, 0.05) is 46.2 Å². The summed E-state index contributed by atoms with van der Waals surface area (Å²) in [5.41, 5.74) is 14.2. The molecule has 0 fully saturated rings. The van der Waals surface area contributed by atoms with Crippen LogP contribution in [0.5, 0.6) is 0 Å². The predicted octanol–water partition coefficient (Wildman–Crippen LogP) is 7.41. The summed E-state index contributed by atoms with van der Waals surface area (Å²) in [6, 6.07) is 1.73. The van der Waals surface area contributed by atoms with Gasteiger partial charge < -0.3 is 10.8 Å². The molecule has 0 radical (unpaired) electrons. The van der Waals surface area contributed by atoms with E-state index in [9.17, 15) is 14.7 Å². The third kappa shape index (κ3) is 7.31. The van der Waals surface area contributed by atoms with Crippen LogP contribution in [0.25, 0.3) is 0 Å². The average Bonchev–Trinajstić information content (AvgIpc) is 3.44. The maximum absolute atomic E-state index is 13.0. The zero-order chi connectivity index (χ0) is 26.4. The molecule has 3 heterocycles. The van der Waals surface area contributed by atoms with Gasteiger partial charge >= 0.3 is 0 Å². The second-order valence-electron chi connectivity index (χ2n) is 8.92. The van der Waals surface area contributed by atoms with Crippen molar-refractivity contribution in [1.82, 2.24) is 0 Å². The van der Waals surface area contributed by atoms with Gasteiger partial charge in [0.2, 0.25) is 5.91 Å². The van der Waals surface area contributed by atoms with E-state index in [0.29, 0.717) is 45.7 Å². The topological polar surface area (TPSA) is 92.8 Å². The van der Waals surface area contributed by atoms with Crippen LogP contribution in [0.4, 0.5) is 0 Å². The number of Topliss-reactive ketones (excluding diaryl/α,β-unsaturated/α-hetero) is 1. The summed E-state index contributed by atoms with van der Waals surface area (Å²) in [4.78, 5) is 31.0. The number of nitrogens with two attached hydrogens (primary N) is 1. The summed E-state index contributed by atoms with van der Waals surface area (Å²) in [6.45, 7) is 0. The molecule has 2 aromatic heterocycles. The van der Waals surface area contributed by atoms with Crippen molar-refractivity contribution in [2.45, 2.75) is 51.0 Å². The van der Waals surface area contributed by atoms with Crippen LogP contribution in [0.15, 0.2) is 63.5 Å². The summed E-state index contributed by atoms with van der Waals surface area (Å²) >= 11 is 14.7. The number of carbonyl (C=O) groups is 2. The van der Waals surface area contributed by atoms with E-state index >= 15 is 0 Å². The molecule has 1 amide bonds. The quantitative estimate of drug-likeness (QED) is 0.338. The maximum atomic E-state index is 13.0. The minimum atomic E-state index is -0.583. The predicted molar refractivity (Wildman–Crippen MR) is 152 cm³/mol. The minimum Gasteiger partial charge on any atom is -0.388 e. The highest BCUT2D eigenvalue weighted by atomic mass is 35.5. The number of ketones is 1. The number of nitrogens with zero attached hydrogens (tertiary/aromatic N) is 1. The number of fused-ring (bicyclic) bond motifs is 1. The van der Waals surface area contributed by atoms with Crippen molar-refractivity contribution in [3.05, 3.63) is 88.7 Å². The van der Waals surface area contributed by atoms with Crippen molar-refractivity contribution in [1.29, 1.82) is 0 Å². The molecule has 1 unspecified atom stereocenters. The van der Waals surface area contributed by atoms with Gasteiger partial charge in [0.25, 0.3) is 0 Å². The number of primary amides is 1. The lowest BCUT2D eigenvalue weighted by molar-refractivity contribution is 0.0964. The molecule has 1 aliphatic carbocycles. The van der Waals surface area contributed by atoms with Crippen LogP contribution in [-0.4, -0.2) is 23.0 Å². The molecule has 3 N–H and O–H groups in total. The van der Waals surface area contributed by atoms with Crippen LogP contribution >= 0.6 is 45.9 Å². The lowest BCUT2D eigenvalue weighted by Gasteiger charge is -2.15. The Morgan fingerprint density at radius 3 is 2.92 bits per heavy atom. The van der Waals surface area contributed by atoms with E-state index in [4.69, 9.17) is 28.9 Å². The second-order valence-corrected chi connectivity index (χ2v) is 12.0. The molecular weight excluding hydrogens is 547 g/mol. The molecule has 2 atom stereocenters. The molecule has 2 aromatic rings. The van der Waals surface area contributed by atoms with Crippen molar-refractivity contribution in [2.75, 3.05) is 0 Å². The molecule has 37 heavy (non-hydrogen) atoms. The van der Waals surface area contributed by atoms with Gasteiger partial charge in [0.15, 0.2) is 5.78 Å². The molecule has 0 aromatic carbocycles. The van der Waals surface area contributed by atoms with Gasteiger partial charge in [0.05, 0.1) is 22.4 Å². The van der Waals surface area contributed by atoms with Crippen LogP contribution in [0.3, 0.4) is 0 Å². The average molecular weight is 574 g/mol. The number of rotatable bonds is 7. The molecule has 0 bridgehead atoms. The number of thiophene rings is 2. The number of amides is 1. The highest BCUT2D eigenvalue weighted by molar-refractivity contribution is 7.17. The first-order valence-electron chi connectivity index (χ1n) is 11.9. The van der Waals surface area contributed by atoms with Gasteiger partial charge in [-0.2, -0.15) is 0 Å². The number of aliphatic hydroxyl groups is 1. The molecular formula is C28H26Cl2N2O3S2. The van der Waals surface area contributed by atoms with Crippen LogP contribution < -0.4 is 5.73 Å². The second kappa shape index (κ2) is 12.9. The summed E-state index contributed by atoms with van der Waals surface area (Å²) in [5.74, 6) is -0.344. The summed E-state index contributed by atoms with van der Waals surface area (Å²) in [7, 11) is 0. The van der Waals surface area contributed by atoms with Gasteiger partial charge in [-0.1, -0.05) is 29.3 Å². The van der Waals surface area contributed by atoms with Crippen molar-refractivity contribution < 1.29 is 14.7 Å². The highest BCUT2D eigenvalue weighted by Crippen LogP contribution is 2.37. The van der Waals surface area contributed by atoms with Crippen molar-refractivity contribution >= 4 is 63.8 Å². The van der Waals surface area contributed by atoms with Gasteiger partial charge in [-0.05, 0) is 61.5 Å². The highest BCUT2D eigenvalue weighted by Gasteiger charge is 2.22. The molecule has 9 heteroatoms. The fourth-order valence-corrected chi connectivity index (χ4v) is 6.67. The Hall–Kier alpha value is -2.47. The zero-order valence-corrected chi connectivity index (χ0v) is 23.2. The molecule has 0 spiro atoms. The van der Waals surface area contributed by atoms with E-state index in [1.807, 2.05) is 30.5 Å². The Morgan fingerprint density at radius 2 is 2.16 bits per heavy atom. The number of hydrogen-bond donors (Lipinski definition) is 2. The molecule has 4 rings (SSSR count). The molecule has 2 aliphatic rings. The first-order valence-corrected chi connectivity index (χ1v) is 14.4. The van der Waals surface area contributed by atoms with Crippen molar-refractivity contribution in [3.8, 4) is 0 Å². The third-order valence-corrected chi connectivity index (χ3v) is 9.23. The normalized spacial score (nSPS) is 20.4. The number of carbonyl (C=O) groups excluding carboxylic acids is 2. The van der Waals surface area contributed by atoms with Crippen LogP contribution in [-0.2, 0) is 6.42 Å². The fourth-order valence-electron chi connectivity index (χ4n) is 4.24. The van der Waals surface area contributed by atoms with Crippen LogP contribution in [0.2, 0.25) is 9.36 Å². The number of allylic oxidation sites excluding steroid dienone is 3. The first kappa shape index (κ1) is 27.6. The third-order valence-electron chi connectivity index (χ3n) is 6.25. The van der Waals surface area contributed by atoms with Gasteiger partial charge in [-0.25, -0.2) is 0 Å². The number of hydrogen-bond acceptors (Lipinski definition) is 6. The molecule has 5 nitrogen and oxygen atoms in total. The van der Waals surface area contributed by atoms with E-state index < -0.39 is 12.0 Å². The van der Waals surface area contributed by atoms with Crippen LogP contribution in [0.1, 0.15) is 75.1 Å². The van der Waals surface area contributed by atoms with Crippen molar-refractivity contribution in [3.63, 3.8) is 0 Å². The fraction of sp³-hybridized carbons (Fsp3) is 0.321. The van der Waals surface area contributed by atoms with E-state index in [1.54, 1.807) is 11.4 Å². The monoisotopic (exact) mass is 572 g/mol. The smallest absolute Gasteiger partial charge is 0.250 e. The van der Waals surface area contributed by atoms with Crippen LogP contribution in [0, 0.1) is 5.92 Å². The molecule has 0 saturated heterocycles. The Bertz CT molecular complexity index is 1370. The summed E-state index contributed by atoms with van der Waals surface area (Å²) in [5, 5.41) is 12.6. The van der Waals surface area contributed by atoms with Gasteiger partial charge in [-0.3, -0.25) is 14.6 Å². The lowest BCUT2D eigenvalue weighted by Crippen LogP contribution is -2.15. The standard InChI is InChI=1S/C28H26Cl2N2O3S2/c29-21-15-25(37-27(21)30)22(33)11-9-17-5-3-6-19(32-13-12-17)10-8-18-4-1-2-7-24-26(23(34)14-18)20(16-36-24)28(31)35/h2-4,8,13,15-17,22,33H,5,7,9-12,14H2,(H2,31,35)/b18-8+,32-13+/t1?,6?,17?,22-/m0/s1. The van der Waals surface area contributed by atoms with Gasteiger partial charge in [-0.15, -0.1) is 34.1 Å². The van der Waals surface area contributed by atoms with E-state index in [1.165, 1.54) is 22.7 Å². The Morgan fingerprint density at radius 1 is 1.32 bits per heavy atom. The minimum absolute atomic E-state index is 0.118. The Balaban J connectivity index is 1.38. The molecule has 0 saturated carbocycles. The summed E-state index contributed by atoms with van der Waals surface area (Å²) in [6.07, 6.45) is 13.3. The maximum Gasteiger partial charge on any atom is 0.250 e. The lowest BCUT2D eigenvalue weighted by atomic mass is 9.93. The van der Waals surface area contributed by atoms with E-state index in [0.717, 1.165) is 40.3 Å². The zero-order valence-electron chi connectivity index (χ0n) is 20.0. The molecule has 1 aliphatic heterocycles. The van der Waals surface area contributed by atoms with E-state index in [-0.39, 0.29) is 12.2 Å². The number of aliphatic imine (C=N–C) groups is 1. The molecule has 192 valence electrons. The van der Waals surface area contributed by atoms with E-state index in [2.05, 4.69) is 16.5 Å². The van der Waals surface area contributed by atoms with Crippen molar-refractivity contribution in [2.24, 2.45) is 16.6 Å². The SMILES string of the molecule is NC(=O)c1csc2c1C(=O)C/C(=C/CC1=C=CCC(CC[C@H](O)c3cc(Cl)c(Cl)s3)C/C=N/1)C=C=CC2. The number of halogens is 2. The summed E-state index contributed by atoms with van der Waals surface area (Å²) < 4.78 is 0.502. The number of aliphatic hydroxyl groups excluding tert-OH is 1.